The highest BCUT2D eigenvalue weighted by Gasteiger charge is 2.63. The second-order valence-electron chi connectivity index (χ2n) is 11.1. The van der Waals surface area contributed by atoms with E-state index in [1.54, 1.807) is 0 Å². The van der Waals surface area contributed by atoms with Crippen LogP contribution in [0.4, 0.5) is 0 Å². The van der Waals surface area contributed by atoms with Gasteiger partial charge in [0.05, 0.1) is 6.10 Å². The van der Waals surface area contributed by atoms with Crippen molar-refractivity contribution in [1.82, 2.24) is 0 Å². The number of carbonyl (C=O) groups is 1. The van der Waals surface area contributed by atoms with Crippen LogP contribution in [0.3, 0.4) is 0 Å². The van der Waals surface area contributed by atoms with E-state index in [1.165, 1.54) is 51.4 Å². The van der Waals surface area contributed by atoms with E-state index in [0.717, 1.165) is 24.7 Å². The van der Waals surface area contributed by atoms with Crippen LogP contribution in [0.2, 0.25) is 0 Å². The van der Waals surface area contributed by atoms with Gasteiger partial charge in [0.2, 0.25) is 0 Å². The van der Waals surface area contributed by atoms with Crippen LogP contribution >= 0.6 is 0 Å². The average molecular weight is 377 g/mol. The lowest BCUT2D eigenvalue weighted by Crippen LogP contribution is -2.58. The molecule has 0 heterocycles. The van der Waals surface area contributed by atoms with Crippen LogP contribution in [0.1, 0.15) is 91.4 Å². The lowest BCUT2D eigenvalue weighted by Gasteiger charge is -2.62. The van der Waals surface area contributed by atoms with Gasteiger partial charge in [0, 0.05) is 6.42 Å². The van der Waals surface area contributed by atoms with Crippen molar-refractivity contribution in [3.8, 4) is 0 Å². The van der Waals surface area contributed by atoms with Gasteiger partial charge in [0.15, 0.2) is 0 Å². The highest BCUT2D eigenvalue weighted by atomic mass is 16.4. The molecule has 4 unspecified atom stereocenters. The number of aliphatic hydroxyl groups excluding tert-OH is 1. The molecular weight excluding hydrogens is 336 g/mol. The van der Waals surface area contributed by atoms with Gasteiger partial charge in [-0.15, -0.1) is 0 Å². The summed E-state index contributed by atoms with van der Waals surface area (Å²) in [5.74, 6) is 3.21. The zero-order chi connectivity index (χ0) is 19.4. The molecule has 4 rings (SSSR count). The van der Waals surface area contributed by atoms with Gasteiger partial charge in [0.1, 0.15) is 0 Å². The molecule has 154 valence electrons. The molecule has 4 saturated carbocycles. The molecule has 4 aliphatic rings. The standard InChI is InChI=1S/C24H40O3/c1-15(7-12-22(26)27)18-10-11-19-17-9-8-16-6-4-5-13-23(16,2)20(17)14-21(25)24(18,19)3/h15-21,25H,4-14H2,1-3H3,(H,26,27)/t15?,16-,17?,18+,19?,20?,21-,23-,24+/m0/s1. The first-order chi connectivity index (χ1) is 12.8. The molecule has 0 aromatic heterocycles. The van der Waals surface area contributed by atoms with E-state index in [1.807, 2.05) is 0 Å². The maximum atomic E-state index is 11.5. The number of hydrogen-bond donors (Lipinski definition) is 2. The molecule has 4 fully saturated rings. The highest BCUT2D eigenvalue weighted by Crippen LogP contribution is 2.68. The predicted molar refractivity (Wildman–Crippen MR) is 107 cm³/mol. The second-order valence-corrected chi connectivity index (χ2v) is 11.1. The van der Waals surface area contributed by atoms with Crippen molar-refractivity contribution in [3.63, 3.8) is 0 Å². The molecule has 0 saturated heterocycles. The summed E-state index contributed by atoms with van der Waals surface area (Å²) >= 11 is 0. The van der Waals surface area contributed by atoms with Gasteiger partial charge in [-0.3, -0.25) is 4.79 Å². The summed E-state index contributed by atoms with van der Waals surface area (Å²) < 4.78 is 0. The normalized spacial score (nSPS) is 50.4. The Balaban J connectivity index is 1.57. The first kappa shape index (κ1) is 19.7. The summed E-state index contributed by atoms with van der Waals surface area (Å²) in [6.07, 6.45) is 12.6. The Morgan fingerprint density at radius 2 is 1.85 bits per heavy atom. The Morgan fingerprint density at radius 3 is 2.59 bits per heavy atom. The molecule has 0 radical (unpaired) electrons. The van der Waals surface area contributed by atoms with Crippen molar-refractivity contribution < 1.29 is 15.0 Å². The third-order valence-electron chi connectivity index (χ3n) is 10.3. The number of aliphatic hydroxyl groups is 1. The largest absolute Gasteiger partial charge is 0.481 e. The Hall–Kier alpha value is -0.570. The van der Waals surface area contributed by atoms with E-state index in [2.05, 4.69) is 20.8 Å². The molecule has 9 atom stereocenters. The summed E-state index contributed by atoms with van der Waals surface area (Å²) in [5.41, 5.74) is 0.452. The summed E-state index contributed by atoms with van der Waals surface area (Å²) in [4.78, 5) is 11.1. The van der Waals surface area contributed by atoms with Crippen LogP contribution < -0.4 is 0 Å². The third kappa shape index (κ3) is 2.98. The molecule has 27 heavy (non-hydrogen) atoms. The lowest BCUT2D eigenvalue weighted by molar-refractivity contribution is -0.168. The van der Waals surface area contributed by atoms with Crippen LogP contribution in [0.15, 0.2) is 0 Å². The summed E-state index contributed by atoms with van der Waals surface area (Å²) in [6, 6.07) is 0. The summed E-state index contributed by atoms with van der Waals surface area (Å²) in [5, 5.41) is 20.6. The van der Waals surface area contributed by atoms with Crippen LogP contribution in [-0.4, -0.2) is 22.3 Å². The third-order valence-corrected chi connectivity index (χ3v) is 10.3. The van der Waals surface area contributed by atoms with E-state index in [-0.39, 0.29) is 17.9 Å². The first-order valence-corrected chi connectivity index (χ1v) is 11.7. The summed E-state index contributed by atoms with van der Waals surface area (Å²) in [6.45, 7) is 7.16. The topological polar surface area (TPSA) is 57.5 Å². The number of carboxylic acid groups (broad SMARTS) is 1. The molecule has 0 aromatic rings. The maximum Gasteiger partial charge on any atom is 0.303 e. The van der Waals surface area contributed by atoms with Crippen LogP contribution in [-0.2, 0) is 4.79 Å². The molecule has 0 spiro atoms. The minimum atomic E-state index is -0.686. The van der Waals surface area contributed by atoms with Crippen molar-refractivity contribution in [2.24, 2.45) is 46.3 Å². The van der Waals surface area contributed by atoms with Crippen molar-refractivity contribution in [2.45, 2.75) is 97.5 Å². The Kier molecular flexibility index (Phi) is 5.15. The van der Waals surface area contributed by atoms with Crippen LogP contribution in [0.25, 0.3) is 0 Å². The molecule has 0 aliphatic heterocycles. The molecule has 4 aliphatic carbocycles. The number of carboxylic acids is 1. The monoisotopic (exact) mass is 376 g/mol. The fourth-order valence-electron chi connectivity index (χ4n) is 8.77. The number of aliphatic carboxylic acids is 1. The predicted octanol–water partition coefficient (Wildman–Crippen LogP) is 5.51. The Labute approximate surface area is 165 Å². The molecule has 2 N–H and O–H groups in total. The molecule has 3 heteroatoms. The number of fused-ring (bicyclic) bond motifs is 5. The molecule has 3 nitrogen and oxygen atoms in total. The van der Waals surface area contributed by atoms with Gasteiger partial charge < -0.3 is 10.2 Å². The van der Waals surface area contributed by atoms with Gasteiger partial charge in [-0.25, -0.2) is 0 Å². The highest BCUT2D eigenvalue weighted by molar-refractivity contribution is 5.66. The minimum Gasteiger partial charge on any atom is -0.481 e. The van der Waals surface area contributed by atoms with Crippen molar-refractivity contribution >= 4 is 5.97 Å². The lowest BCUT2D eigenvalue weighted by atomic mass is 9.44. The number of rotatable bonds is 4. The molecule has 0 bridgehead atoms. The second kappa shape index (κ2) is 7.04. The quantitative estimate of drug-likeness (QED) is 0.680. The van der Waals surface area contributed by atoms with E-state index in [9.17, 15) is 9.90 Å². The Bertz CT molecular complexity index is 574. The smallest absolute Gasteiger partial charge is 0.303 e. The molecule has 0 aromatic carbocycles. The zero-order valence-corrected chi connectivity index (χ0v) is 17.6. The van der Waals surface area contributed by atoms with E-state index >= 15 is 0 Å². The van der Waals surface area contributed by atoms with Crippen molar-refractivity contribution in [3.05, 3.63) is 0 Å². The average Bonchev–Trinajstić information content (AvgIpc) is 2.99. The van der Waals surface area contributed by atoms with Gasteiger partial charge >= 0.3 is 5.97 Å². The van der Waals surface area contributed by atoms with Gasteiger partial charge in [-0.05, 0) is 97.7 Å². The maximum absolute atomic E-state index is 11.5. The van der Waals surface area contributed by atoms with Gasteiger partial charge in [-0.2, -0.15) is 0 Å². The fraction of sp³-hybridized carbons (Fsp3) is 0.958. The fourth-order valence-corrected chi connectivity index (χ4v) is 8.77. The first-order valence-electron chi connectivity index (χ1n) is 11.7. The van der Waals surface area contributed by atoms with Crippen LogP contribution in [0.5, 0.6) is 0 Å². The zero-order valence-electron chi connectivity index (χ0n) is 17.6. The molecular formula is C24H40O3. The van der Waals surface area contributed by atoms with Crippen molar-refractivity contribution in [1.29, 1.82) is 0 Å². The van der Waals surface area contributed by atoms with Gasteiger partial charge in [0.25, 0.3) is 0 Å². The van der Waals surface area contributed by atoms with E-state index in [4.69, 9.17) is 5.11 Å². The Morgan fingerprint density at radius 1 is 1.07 bits per heavy atom. The summed E-state index contributed by atoms with van der Waals surface area (Å²) in [7, 11) is 0. The van der Waals surface area contributed by atoms with Crippen LogP contribution in [0, 0.1) is 46.3 Å². The van der Waals surface area contributed by atoms with Gasteiger partial charge in [-0.1, -0.05) is 33.6 Å². The molecule has 0 amide bonds. The SMILES string of the molecule is CC(CCC(=O)O)[C@H]1CCC2C3CC[C@@H]4CCCC[C@]4(C)C3C[C@H](O)[C@@]21C. The number of hydrogen-bond acceptors (Lipinski definition) is 2. The van der Waals surface area contributed by atoms with E-state index < -0.39 is 5.97 Å². The minimum absolute atomic E-state index is 0.00303. The van der Waals surface area contributed by atoms with E-state index in [0.29, 0.717) is 29.1 Å². The van der Waals surface area contributed by atoms with Crippen molar-refractivity contribution in [2.75, 3.05) is 0 Å².